The number of nitrogens with zero attached hydrogens (tertiary/aromatic N) is 1. The van der Waals surface area contributed by atoms with Gasteiger partial charge >= 0.3 is 5.97 Å². The summed E-state index contributed by atoms with van der Waals surface area (Å²) in [5, 5.41) is 10.4. The largest absolute Gasteiger partial charge is 0.477 e. The third kappa shape index (κ3) is 3.10. The van der Waals surface area contributed by atoms with Crippen molar-refractivity contribution < 1.29 is 23.5 Å². The zero-order valence-corrected chi connectivity index (χ0v) is 12.8. The van der Waals surface area contributed by atoms with Crippen molar-refractivity contribution >= 4 is 23.2 Å². The van der Waals surface area contributed by atoms with Crippen LogP contribution >= 0.6 is 11.3 Å². The Kier molecular flexibility index (Phi) is 4.12. The molecule has 1 aliphatic rings. The molecule has 1 N–H and O–H groups in total. The Morgan fingerprint density at radius 3 is 2.48 bits per heavy atom. The number of carboxylic acids is 1. The van der Waals surface area contributed by atoms with Gasteiger partial charge in [0.2, 0.25) is 0 Å². The Morgan fingerprint density at radius 1 is 1.17 bits per heavy atom. The maximum absolute atomic E-state index is 13.4. The second-order valence-corrected chi connectivity index (χ2v) is 6.28. The molecular weight excluding hydrogens is 324 g/mol. The molecule has 1 aromatic carbocycles. The van der Waals surface area contributed by atoms with Crippen molar-refractivity contribution in [3.63, 3.8) is 0 Å². The molecular formula is C16H13F2NO3S. The van der Waals surface area contributed by atoms with Gasteiger partial charge in [-0.05, 0) is 36.6 Å². The Hall–Kier alpha value is -2.28. The van der Waals surface area contributed by atoms with Gasteiger partial charge in [0.1, 0.15) is 16.5 Å². The Labute approximate surface area is 135 Å². The van der Waals surface area contributed by atoms with E-state index in [1.54, 1.807) is 4.90 Å². The first-order valence-corrected chi connectivity index (χ1v) is 7.92. The first-order chi connectivity index (χ1) is 11.0. The average Bonchev–Trinajstić information content (AvgIpc) is 3.15. The molecule has 1 unspecified atom stereocenters. The van der Waals surface area contributed by atoms with Gasteiger partial charge in [0, 0.05) is 18.0 Å². The van der Waals surface area contributed by atoms with E-state index >= 15 is 0 Å². The molecule has 1 atom stereocenters. The van der Waals surface area contributed by atoms with Gasteiger partial charge in [-0.25, -0.2) is 13.6 Å². The number of thiophene rings is 1. The fraction of sp³-hybridized carbons (Fsp3) is 0.250. The maximum atomic E-state index is 13.4. The summed E-state index contributed by atoms with van der Waals surface area (Å²) < 4.78 is 26.8. The number of amides is 1. The molecule has 0 spiro atoms. The number of carbonyl (C=O) groups is 2. The fourth-order valence-corrected chi connectivity index (χ4v) is 3.57. The van der Waals surface area contributed by atoms with E-state index < -0.39 is 23.6 Å². The van der Waals surface area contributed by atoms with Crippen molar-refractivity contribution in [2.45, 2.75) is 18.9 Å². The van der Waals surface area contributed by atoms with E-state index in [0.29, 0.717) is 18.5 Å². The van der Waals surface area contributed by atoms with Crippen LogP contribution in [0.4, 0.5) is 8.78 Å². The molecule has 4 nitrogen and oxygen atoms in total. The van der Waals surface area contributed by atoms with Crippen LogP contribution in [0.1, 0.15) is 44.5 Å². The van der Waals surface area contributed by atoms with Crippen LogP contribution in [-0.4, -0.2) is 28.4 Å². The second kappa shape index (κ2) is 6.08. The molecule has 2 aromatic rings. The number of hydrogen-bond donors (Lipinski definition) is 1. The van der Waals surface area contributed by atoms with Gasteiger partial charge in [0.05, 0.1) is 11.6 Å². The lowest BCUT2D eigenvalue weighted by Gasteiger charge is -2.25. The second-order valence-electron chi connectivity index (χ2n) is 5.36. The van der Waals surface area contributed by atoms with Crippen LogP contribution in [0.25, 0.3) is 0 Å². The van der Waals surface area contributed by atoms with Crippen molar-refractivity contribution in [1.29, 1.82) is 0 Å². The van der Waals surface area contributed by atoms with Crippen LogP contribution in [0, 0.1) is 11.6 Å². The Bertz CT molecular complexity index is 754. The molecule has 1 saturated heterocycles. The van der Waals surface area contributed by atoms with Crippen LogP contribution in [0.3, 0.4) is 0 Å². The summed E-state index contributed by atoms with van der Waals surface area (Å²) in [5.41, 5.74) is 0.707. The number of halogens is 2. The van der Waals surface area contributed by atoms with E-state index in [-0.39, 0.29) is 16.3 Å². The van der Waals surface area contributed by atoms with E-state index in [1.807, 2.05) is 0 Å². The standard InChI is InChI=1S/C16H13F2NO3S/c17-11-4-9(5-12(18)7-11)13-2-1-3-19(13)15(20)10-6-14(16(21)22)23-8-10/h4-8,13H,1-3H2,(H,21,22). The number of aromatic carboxylic acids is 1. The minimum Gasteiger partial charge on any atom is -0.477 e. The van der Waals surface area contributed by atoms with Crippen LogP contribution in [0.5, 0.6) is 0 Å². The van der Waals surface area contributed by atoms with Gasteiger partial charge in [-0.3, -0.25) is 4.79 Å². The molecule has 1 aromatic heterocycles. The van der Waals surface area contributed by atoms with Gasteiger partial charge in [-0.1, -0.05) is 0 Å². The van der Waals surface area contributed by atoms with Crippen LogP contribution in [0.15, 0.2) is 29.6 Å². The van der Waals surface area contributed by atoms with E-state index in [0.717, 1.165) is 23.8 Å². The summed E-state index contributed by atoms with van der Waals surface area (Å²) in [6.07, 6.45) is 1.34. The summed E-state index contributed by atoms with van der Waals surface area (Å²) in [6, 6.07) is 4.19. The maximum Gasteiger partial charge on any atom is 0.345 e. The lowest BCUT2D eigenvalue weighted by Crippen LogP contribution is -2.30. The number of hydrogen-bond acceptors (Lipinski definition) is 3. The van der Waals surface area contributed by atoms with Crippen molar-refractivity contribution in [3.8, 4) is 0 Å². The van der Waals surface area contributed by atoms with E-state index in [9.17, 15) is 18.4 Å². The predicted octanol–water partition coefficient (Wildman–Crippen LogP) is 3.70. The SMILES string of the molecule is O=C(O)c1cc(C(=O)N2CCCC2c2cc(F)cc(F)c2)cs1. The molecule has 0 radical (unpaired) electrons. The molecule has 0 aliphatic carbocycles. The molecule has 0 saturated carbocycles. The zero-order chi connectivity index (χ0) is 16.6. The highest BCUT2D eigenvalue weighted by atomic mass is 32.1. The Morgan fingerprint density at radius 2 is 1.87 bits per heavy atom. The summed E-state index contributed by atoms with van der Waals surface area (Å²) >= 11 is 0.980. The van der Waals surface area contributed by atoms with Gasteiger partial charge in [0.25, 0.3) is 5.91 Å². The number of carbonyl (C=O) groups excluding carboxylic acids is 1. The third-order valence-electron chi connectivity index (χ3n) is 3.84. The number of likely N-dealkylation sites (tertiary alicyclic amines) is 1. The molecule has 2 heterocycles. The van der Waals surface area contributed by atoms with Gasteiger partial charge < -0.3 is 10.0 Å². The highest BCUT2D eigenvalue weighted by Crippen LogP contribution is 2.34. The molecule has 1 fully saturated rings. The molecule has 7 heteroatoms. The topological polar surface area (TPSA) is 57.6 Å². The Balaban J connectivity index is 1.88. The predicted molar refractivity (Wildman–Crippen MR) is 80.6 cm³/mol. The highest BCUT2D eigenvalue weighted by molar-refractivity contribution is 7.12. The molecule has 1 amide bonds. The first-order valence-electron chi connectivity index (χ1n) is 7.04. The number of carboxylic acid groups (broad SMARTS) is 1. The molecule has 120 valence electrons. The number of benzene rings is 1. The van der Waals surface area contributed by atoms with Crippen LogP contribution < -0.4 is 0 Å². The van der Waals surface area contributed by atoms with E-state index in [2.05, 4.69) is 0 Å². The van der Waals surface area contributed by atoms with E-state index in [1.165, 1.54) is 23.6 Å². The van der Waals surface area contributed by atoms with Gasteiger partial charge in [0.15, 0.2) is 0 Å². The van der Waals surface area contributed by atoms with Crippen LogP contribution in [0.2, 0.25) is 0 Å². The summed E-state index contributed by atoms with van der Waals surface area (Å²) in [4.78, 5) is 25.1. The molecule has 1 aliphatic heterocycles. The monoisotopic (exact) mass is 337 g/mol. The smallest absolute Gasteiger partial charge is 0.345 e. The molecule has 3 rings (SSSR count). The highest BCUT2D eigenvalue weighted by Gasteiger charge is 2.31. The first kappa shape index (κ1) is 15.6. The lowest BCUT2D eigenvalue weighted by molar-refractivity contribution is 0.0702. The zero-order valence-electron chi connectivity index (χ0n) is 12.0. The summed E-state index contributed by atoms with van der Waals surface area (Å²) in [5.74, 6) is -2.76. The van der Waals surface area contributed by atoms with Crippen molar-refractivity contribution in [2.75, 3.05) is 6.54 Å². The van der Waals surface area contributed by atoms with Crippen LogP contribution in [-0.2, 0) is 0 Å². The summed E-state index contributed by atoms with van der Waals surface area (Å²) in [7, 11) is 0. The van der Waals surface area contributed by atoms with Gasteiger partial charge in [-0.15, -0.1) is 11.3 Å². The molecule has 0 bridgehead atoms. The average molecular weight is 337 g/mol. The quantitative estimate of drug-likeness (QED) is 0.929. The molecule has 23 heavy (non-hydrogen) atoms. The lowest BCUT2D eigenvalue weighted by atomic mass is 10.0. The van der Waals surface area contributed by atoms with Crippen molar-refractivity contribution in [2.24, 2.45) is 0 Å². The van der Waals surface area contributed by atoms with E-state index in [4.69, 9.17) is 5.11 Å². The third-order valence-corrected chi connectivity index (χ3v) is 4.76. The van der Waals surface area contributed by atoms with Gasteiger partial charge in [-0.2, -0.15) is 0 Å². The minimum absolute atomic E-state index is 0.0842. The summed E-state index contributed by atoms with van der Waals surface area (Å²) in [6.45, 7) is 0.472. The van der Waals surface area contributed by atoms with Crippen molar-refractivity contribution in [1.82, 2.24) is 4.90 Å². The minimum atomic E-state index is -1.08. The fourth-order valence-electron chi connectivity index (χ4n) is 2.85. The normalized spacial score (nSPS) is 17.5. The number of rotatable bonds is 3. The van der Waals surface area contributed by atoms with Crippen molar-refractivity contribution in [3.05, 3.63) is 57.3 Å².